The molecule has 102 valence electrons. The maximum absolute atomic E-state index is 12.5. The van der Waals surface area contributed by atoms with E-state index in [1.165, 1.54) is 11.1 Å². The number of ketones is 1. The highest BCUT2D eigenvalue weighted by Crippen LogP contribution is 2.40. The fourth-order valence-electron chi connectivity index (χ4n) is 3.40. The average Bonchev–Trinajstić information content (AvgIpc) is 2.82. The van der Waals surface area contributed by atoms with Crippen molar-refractivity contribution in [2.75, 3.05) is 0 Å². The molecular weight excluding hydrogens is 244 g/mol. The summed E-state index contributed by atoms with van der Waals surface area (Å²) in [6, 6.07) is 20.9. The zero-order chi connectivity index (χ0) is 13.8. The smallest absolute Gasteiger partial charge is 0.139 e. The molecule has 0 unspecified atom stereocenters. The van der Waals surface area contributed by atoms with Crippen LogP contribution in [0.5, 0.6) is 0 Å². The first-order chi connectivity index (χ1) is 9.78. The standard InChI is InChI=1S/C19H20O/c20-18-12-7-13-19(18,14-16-8-3-1-4-9-16)15-17-10-5-2-6-11-17/h1-6,8-11H,7,12-15H2. The van der Waals surface area contributed by atoms with Crippen LogP contribution in [0.3, 0.4) is 0 Å². The van der Waals surface area contributed by atoms with Gasteiger partial charge in [-0.3, -0.25) is 4.79 Å². The summed E-state index contributed by atoms with van der Waals surface area (Å²) in [7, 11) is 0. The van der Waals surface area contributed by atoms with Gasteiger partial charge in [0.1, 0.15) is 5.78 Å². The minimum absolute atomic E-state index is 0.178. The van der Waals surface area contributed by atoms with E-state index in [0.717, 1.165) is 32.1 Å². The molecule has 1 saturated carbocycles. The molecular formula is C19H20O. The van der Waals surface area contributed by atoms with Gasteiger partial charge in [-0.25, -0.2) is 0 Å². The van der Waals surface area contributed by atoms with Gasteiger partial charge in [-0.15, -0.1) is 0 Å². The normalized spacial score (nSPS) is 17.3. The Morgan fingerprint density at radius 1 is 0.800 bits per heavy atom. The molecule has 0 radical (unpaired) electrons. The monoisotopic (exact) mass is 264 g/mol. The number of carbonyl (C=O) groups is 1. The van der Waals surface area contributed by atoms with Gasteiger partial charge >= 0.3 is 0 Å². The van der Waals surface area contributed by atoms with E-state index >= 15 is 0 Å². The molecule has 0 aromatic heterocycles. The Labute approximate surface area is 120 Å². The topological polar surface area (TPSA) is 17.1 Å². The highest BCUT2D eigenvalue weighted by molar-refractivity contribution is 5.87. The van der Waals surface area contributed by atoms with Gasteiger partial charge in [0.15, 0.2) is 0 Å². The molecule has 2 aromatic rings. The average molecular weight is 264 g/mol. The molecule has 0 spiro atoms. The number of rotatable bonds is 4. The van der Waals surface area contributed by atoms with Crippen molar-refractivity contribution >= 4 is 5.78 Å². The molecule has 3 rings (SSSR count). The van der Waals surface area contributed by atoms with E-state index in [-0.39, 0.29) is 5.41 Å². The van der Waals surface area contributed by atoms with Crippen molar-refractivity contribution in [3.05, 3.63) is 71.8 Å². The van der Waals surface area contributed by atoms with Crippen LogP contribution in [0.2, 0.25) is 0 Å². The van der Waals surface area contributed by atoms with E-state index in [1.807, 2.05) is 12.1 Å². The molecule has 1 fully saturated rings. The Kier molecular flexibility index (Phi) is 3.68. The fraction of sp³-hybridized carbons (Fsp3) is 0.316. The summed E-state index contributed by atoms with van der Waals surface area (Å²) in [4.78, 5) is 12.5. The quantitative estimate of drug-likeness (QED) is 0.808. The van der Waals surface area contributed by atoms with Crippen LogP contribution in [0.15, 0.2) is 60.7 Å². The molecule has 2 aromatic carbocycles. The van der Waals surface area contributed by atoms with E-state index < -0.39 is 0 Å². The second-order valence-corrected chi connectivity index (χ2v) is 5.88. The van der Waals surface area contributed by atoms with Crippen LogP contribution in [0.25, 0.3) is 0 Å². The highest BCUT2D eigenvalue weighted by atomic mass is 16.1. The zero-order valence-electron chi connectivity index (χ0n) is 11.7. The predicted molar refractivity (Wildman–Crippen MR) is 81.6 cm³/mol. The first kappa shape index (κ1) is 13.1. The minimum atomic E-state index is -0.178. The van der Waals surface area contributed by atoms with E-state index in [2.05, 4.69) is 48.5 Å². The number of hydrogen-bond acceptors (Lipinski definition) is 1. The van der Waals surface area contributed by atoms with Crippen LogP contribution < -0.4 is 0 Å². The zero-order valence-corrected chi connectivity index (χ0v) is 11.7. The lowest BCUT2D eigenvalue weighted by Gasteiger charge is -2.28. The maximum Gasteiger partial charge on any atom is 0.139 e. The lowest BCUT2D eigenvalue weighted by molar-refractivity contribution is -0.125. The third kappa shape index (κ3) is 2.67. The second-order valence-electron chi connectivity index (χ2n) is 5.88. The van der Waals surface area contributed by atoms with Crippen molar-refractivity contribution in [3.63, 3.8) is 0 Å². The lowest BCUT2D eigenvalue weighted by atomic mass is 9.74. The van der Waals surface area contributed by atoms with E-state index in [4.69, 9.17) is 0 Å². The van der Waals surface area contributed by atoms with E-state index in [9.17, 15) is 4.79 Å². The van der Waals surface area contributed by atoms with Crippen LogP contribution in [0.1, 0.15) is 30.4 Å². The number of benzene rings is 2. The molecule has 20 heavy (non-hydrogen) atoms. The molecule has 0 aliphatic heterocycles. The molecule has 0 amide bonds. The van der Waals surface area contributed by atoms with Gasteiger partial charge in [-0.1, -0.05) is 60.7 Å². The third-order valence-corrected chi connectivity index (χ3v) is 4.42. The molecule has 1 aliphatic carbocycles. The van der Waals surface area contributed by atoms with Crippen LogP contribution in [-0.4, -0.2) is 5.78 Å². The van der Waals surface area contributed by atoms with Gasteiger partial charge in [0.25, 0.3) is 0 Å². The van der Waals surface area contributed by atoms with Crippen LogP contribution in [0.4, 0.5) is 0 Å². The summed E-state index contributed by atoms with van der Waals surface area (Å²) < 4.78 is 0. The Morgan fingerprint density at radius 3 is 1.70 bits per heavy atom. The first-order valence-corrected chi connectivity index (χ1v) is 7.40. The van der Waals surface area contributed by atoms with Gasteiger partial charge in [0.05, 0.1) is 0 Å². The van der Waals surface area contributed by atoms with Crippen LogP contribution >= 0.6 is 0 Å². The van der Waals surface area contributed by atoms with Crippen molar-refractivity contribution in [3.8, 4) is 0 Å². The van der Waals surface area contributed by atoms with E-state index in [0.29, 0.717) is 5.78 Å². The maximum atomic E-state index is 12.5. The minimum Gasteiger partial charge on any atom is -0.299 e. The second kappa shape index (κ2) is 5.62. The van der Waals surface area contributed by atoms with Gasteiger partial charge in [-0.05, 0) is 36.8 Å². The third-order valence-electron chi connectivity index (χ3n) is 4.42. The molecule has 1 nitrogen and oxygen atoms in total. The van der Waals surface area contributed by atoms with Gasteiger partial charge < -0.3 is 0 Å². The summed E-state index contributed by atoms with van der Waals surface area (Å²) in [6.07, 6.45) is 4.57. The number of Topliss-reactive ketones (excluding diaryl/α,β-unsaturated/α-hetero) is 1. The Bertz CT molecular complexity index is 530. The summed E-state index contributed by atoms with van der Waals surface area (Å²) in [5.74, 6) is 0.449. The summed E-state index contributed by atoms with van der Waals surface area (Å²) in [5.41, 5.74) is 2.38. The Hall–Kier alpha value is -1.89. The fourth-order valence-corrected chi connectivity index (χ4v) is 3.40. The van der Waals surface area contributed by atoms with Crippen molar-refractivity contribution in [1.82, 2.24) is 0 Å². The Morgan fingerprint density at radius 2 is 1.30 bits per heavy atom. The van der Waals surface area contributed by atoms with Gasteiger partial charge in [0.2, 0.25) is 0 Å². The van der Waals surface area contributed by atoms with Crippen molar-refractivity contribution in [2.45, 2.75) is 32.1 Å². The first-order valence-electron chi connectivity index (χ1n) is 7.40. The summed E-state index contributed by atoms with van der Waals surface area (Å²) in [6.45, 7) is 0. The van der Waals surface area contributed by atoms with Crippen molar-refractivity contribution in [2.24, 2.45) is 5.41 Å². The van der Waals surface area contributed by atoms with Crippen molar-refractivity contribution < 1.29 is 4.79 Å². The molecule has 0 atom stereocenters. The molecule has 1 aliphatic rings. The molecule has 0 bridgehead atoms. The van der Waals surface area contributed by atoms with Crippen molar-refractivity contribution in [1.29, 1.82) is 0 Å². The molecule has 0 N–H and O–H groups in total. The van der Waals surface area contributed by atoms with E-state index in [1.54, 1.807) is 0 Å². The number of hydrogen-bond donors (Lipinski definition) is 0. The highest BCUT2D eigenvalue weighted by Gasteiger charge is 2.41. The largest absolute Gasteiger partial charge is 0.299 e. The summed E-state index contributed by atoms with van der Waals surface area (Å²) >= 11 is 0. The Balaban J connectivity index is 1.87. The van der Waals surface area contributed by atoms with Gasteiger partial charge in [-0.2, -0.15) is 0 Å². The van der Waals surface area contributed by atoms with Crippen LogP contribution in [0, 0.1) is 5.41 Å². The number of carbonyl (C=O) groups excluding carboxylic acids is 1. The predicted octanol–water partition coefficient (Wildman–Crippen LogP) is 4.21. The lowest BCUT2D eigenvalue weighted by Crippen LogP contribution is -2.31. The SMILES string of the molecule is O=C1CCCC1(Cc1ccccc1)Cc1ccccc1. The molecule has 0 saturated heterocycles. The van der Waals surface area contributed by atoms with Crippen LogP contribution in [-0.2, 0) is 17.6 Å². The molecule has 0 heterocycles. The molecule has 1 heteroatoms. The van der Waals surface area contributed by atoms with Gasteiger partial charge in [0, 0.05) is 11.8 Å². The summed E-state index contributed by atoms with van der Waals surface area (Å²) in [5, 5.41) is 0.